The van der Waals surface area contributed by atoms with Gasteiger partial charge in [0.15, 0.2) is 9.45 Å². The van der Waals surface area contributed by atoms with Crippen LogP contribution in [0.3, 0.4) is 0 Å². The first-order chi connectivity index (χ1) is 11.3. The highest BCUT2D eigenvalue weighted by atomic mass is 79.9. The van der Waals surface area contributed by atoms with Crippen molar-refractivity contribution in [2.24, 2.45) is 0 Å². The number of thioether (sulfide) groups is 1. The number of rotatable bonds is 5. The Morgan fingerprint density at radius 1 is 1.42 bits per heavy atom. The topological polar surface area (TPSA) is 49.8 Å². The molecule has 128 valence electrons. The number of halogens is 4. The molecular weight excluding hydrogens is 445 g/mol. The molecule has 0 amide bonds. The maximum absolute atomic E-state index is 13.1. The molecule has 0 aliphatic carbocycles. The lowest BCUT2D eigenvalue weighted by atomic mass is 10.1. The minimum atomic E-state index is -4.50. The number of nitrogens with zero attached hydrogens (tertiary/aromatic N) is 2. The summed E-state index contributed by atoms with van der Waals surface area (Å²) in [5, 5.41) is 5.17. The van der Waals surface area contributed by atoms with E-state index in [2.05, 4.69) is 42.5 Å². The van der Waals surface area contributed by atoms with E-state index in [0.29, 0.717) is 14.6 Å². The first-order valence-corrected chi connectivity index (χ1v) is 9.28. The summed E-state index contributed by atoms with van der Waals surface area (Å²) in [6.45, 7) is 3.61. The SMILES string of the molecule is C=CCSc1nc(NC(=S)Nc2ccc(Br)cc2C(F)(F)F)ns1. The minimum Gasteiger partial charge on any atom is -0.332 e. The zero-order chi connectivity index (χ0) is 17.7. The van der Waals surface area contributed by atoms with Crippen LogP contribution in [0.2, 0.25) is 0 Å². The zero-order valence-electron chi connectivity index (χ0n) is 11.9. The van der Waals surface area contributed by atoms with E-state index in [0.717, 1.165) is 6.07 Å². The Bertz CT molecular complexity index is 748. The van der Waals surface area contributed by atoms with Crippen molar-refractivity contribution >= 4 is 68.2 Å². The lowest BCUT2D eigenvalue weighted by Gasteiger charge is -2.15. The smallest absolute Gasteiger partial charge is 0.332 e. The van der Waals surface area contributed by atoms with Crippen LogP contribution < -0.4 is 10.6 Å². The normalized spacial score (nSPS) is 11.2. The van der Waals surface area contributed by atoms with Gasteiger partial charge in [0.25, 0.3) is 0 Å². The van der Waals surface area contributed by atoms with Crippen LogP contribution in [0.1, 0.15) is 5.56 Å². The van der Waals surface area contributed by atoms with Gasteiger partial charge in [-0.1, -0.05) is 33.8 Å². The number of nitrogens with one attached hydrogen (secondary N) is 2. The fourth-order valence-electron chi connectivity index (χ4n) is 1.56. The van der Waals surface area contributed by atoms with Crippen LogP contribution in [-0.4, -0.2) is 20.2 Å². The molecule has 0 saturated carbocycles. The van der Waals surface area contributed by atoms with E-state index < -0.39 is 11.7 Å². The molecule has 0 bridgehead atoms. The number of aromatic nitrogens is 2. The molecule has 11 heteroatoms. The predicted molar refractivity (Wildman–Crippen MR) is 99.8 cm³/mol. The Morgan fingerprint density at radius 3 is 2.83 bits per heavy atom. The Hall–Kier alpha value is -1.17. The molecule has 2 aromatic rings. The molecule has 4 nitrogen and oxygen atoms in total. The summed E-state index contributed by atoms with van der Waals surface area (Å²) in [4.78, 5) is 4.17. The maximum Gasteiger partial charge on any atom is 0.418 e. The molecule has 0 fully saturated rings. The van der Waals surface area contributed by atoms with Gasteiger partial charge in [-0.2, -0.15) is 22.5 Å². The largest absolute Gasteiger partial charge is 0.418 e. The predicted octanol–water partition coefficient (Wildman–Crippen LogP) is 5.41. The van der Waals surface area contributed by atoms with Gasteiger partial charge >= 0.3 is 6.18 Å². The van der Waals surface area contributed by atoms with Crippen LogP contribution in [0.5, 0.6) is 0 Å². The van der Waals surface area contributed by atoms with Crippen molar-refractivity contribution in [2.75, 3.05) is 16.4 Å². The van der Waals surface area contributed by atoms with Crippen LogP contribution in [0, 0.1) is 0 Å². The van der Waals surface area contributed by atoms with Crippen LogP contribution in [0.4, 0.5) is 24.8 Å². The highest BCUT2D eigenvalue weighted by molar-refractivity contribution is 9.10. The Kier molecular flexibility index (Phi) is 6.61. The van der Waals surface area contributed by atoms with Gasteiger partial charge in [-0.15, -0.1) is 6.58 Å². The van der Waals surface area contributed by atoms with Crippen molar-refractivity contribution in [1.29, 1.82) is 0 Å². The molecule has 0 aliphatic rings. The number of anilines is 2. The van der Waals surface area contributed by atoms with Crippen LogP contribution in [0.15, 0.2) is 39.7 Å². The first kappa shape index (κ1) is 19.2. The van der Waals surface area contributed by atoms with E-state index in [-0.39, 0.29) is 16.7 Å². The second-order valence-electron chi connectivity index (χ2n) is 4.25. The fraction of sp³-hybridized carbons (Fsp3) is 0.154. The molecule has 1 aromatic heterocycles. The van der Waals surface area contributed by atoms with E-state index in [4.69, 9.17) is 12.2 Å². The molecule has 0 radical (unpaired) electrons. The second kappa shape index (κ2) is 8.28. The van der Waals surface area contributed by atoms with E-state index in [1.54, 1.807) is 6.08 Å². The molecular formula is C13H10BrF3N4S3. The molecule has 2 N–H and O–H groups in total. The summed E-state index contributed by atoms with van der Waals surface area (Å²) in [5.41, 5.74) is -0.978. The number of hydrogen-bond donors (Lipinski definition) is 2. The van der Waals surface area contributed by atoms with Crippen molar-refractivity contribution < 1.29 is 13.2 Å². The minimum absolute atomic E-state index is 0.0270. The highest BCUT2D eigenvalue weighted by Gasteiger charge is 2.34. The van der Waals surface area contributed by atoms with E-state index in [1.807, 2.05) is 0 Å². The fourth-order valence-corrected chi connectivity index (χ4v) is 3.44. The summed E-state index contributed by atoms with van der Waals surface area (Å²) >= 11 is 10.7. The van der Waals surface area contributed by atoms with Gasteiger partial charge in [0.2, 0.25) is 5.95 Å². The van der Waals surface area contributed by atoms with E-state index >= 15 is 0 Å². The molecule has 0 aliphatic heterocycles. The summed E-state index contributed by atoms with van der Waals surface area (Å²) in [7, 11) is 0. The van der Waals surface area contributed by atoms with Gasteiger partial charge in [0, 0.05) is 10.2 Å². The quantitative estimate of drug-likeness (QED) is 0.358. The van der Waals surface area contributed by atoms with Crippen molar-refractivity contribution in [3.8, 4) is 0 Å². The van der Waals surface area contributed by atoms with Gasteiger partial charge in [0.1, 0.15) is 0 Å². The zero-order valence-corrected chi connectivity index (χ0v) is 15.9. The average molecular weight is 455 g/mol. The molecule has 0 unspecified atom stereocenters. The number of thiocarbonyl (C=S) groups is 1. The van der Waals surface area contributed by atoms with Crippen LogP contribution >= 0.6 is 51.4 Å². The van der Waals surface area contributed by atoms with E-state index in [1.165, 1.54) is 35.4 Å². The number of hydrogen-bond acceptors (Lipinski definition) is 5. The second-order valence-corrected chi connectivity index (χ2v) is 7.59. The van der Waals surface area contributed by atoms with Crippen molar-refractivity contribution in [3.05, 3.63) is 40.9 Å². The third kappa shape index (κ3) is 5.43. The Labute approximate surface area is 158 Å². The van der Waals surface area contributed by atoms with Crippen LogP contribution in [-0.2, 0) is 6.18 Å². The maximum atomic E-state index is 13.1. The molecule has 0 saturated heterocycles. The van der Waals surface area contributed by atoms with Gasteiger partial charge < -0.3 is 10.6 Å². The van der Waals surface area contributed by atoms with Gasteiger partial charge in [-0.25, -0.2) is 0 Å². The van der Waals surface area contributed by atoms with Crippen molar-refractivity contribution in [2.45, 2.75) is 10.5 Å². The summed E-state index contributed by atoms with van der Waals surface area (Å²) in [5.74, 6) is 0.917. The molecule has 0 spiro atoms. The monoisotopic (exact) mass is 454 g/mol. The Balaban J connectivity index is 2.07. The highest BCUT2D eigenvalue weighted by Crippen LogP contribution is 2.36. The van der Waals surface area contributed by atoms with Gasteiger partial charge in [-0.3, -0.25) is 0 Å². The third-order valence-electron chi connectivity index (χ3n) is 2.49. The van der Waals surface area contributed by atoms with Gasteiger partial charge in [-0.05, 0) is 41.9 Å². The molecule has 0 atom stereocenters. The van der Waals surface area contributed by atoms with E-state index in [9.17, 15) is 13.2 Å². The Morgan fingerprint density at radius 2 is 2.17 bits per heavy atom. The molecule has 1 heterocycles. The summed E-state index contributed by atoms with van der Waals surface area (Å²) < 4.78 is 44.3. The molecule has 24 heavy (non-hydrogen) atoms. The standard InChI is InChI=1S/C13H10BrF3N4S3/c1-2-5-23-12-20-10(21-24-12)19-11(22)18-9-4-3-7(14)6-8(9)13(15,16)17/h2-4,6H,1,5H2,(H2,18,19,21,22). The van der Waals surface area contributed by atoms with Gasteiger partial charge in [0.05, 0.1) is 11.3 Å². The van der Waals surface area contributed by atoms with Crippen molar-refractivity contribution in [3.63, 3.8) is 0 Å². The average Bonchev–Trinajstić information content (AvgIpc) is 2.93. The first-order valence-electron chi connectivity index (χ1n) is 6.31. The molecule has 1 aromatic carbocycles. The summed E-state index contributed by atoms with van der Waals surface area (Å²) in [6, 6.07) is 3.77. The van der Waals surface area contributed by atoms with Crippen LogP contribution in [0.25, 0.3) is 0 Å². The number of benzene rings is 1. The summed E-state index contributed by atoms with van der Waals surface area (Å²) in [6.07, 6.45) is -2.77. The lowest BCUT2D eigenvalue weighted by molar-refractivity contribution is -0.136. The molecule has 2 rings (SSSR count). The lowest BCUT2D eigenvalue weighted by Crippen LogP contribution is -2.22. The number of alkyl halides is 3. The third-order valence-corrected chi connectivity index (χ3v) is 5.02. The van der Waals surface area contributed by atoms with Crippen molar-refractivity contribution in [1.82, 2.24) is 9.36 Å².